The number of aryl methyl sites for hydroxylation is 1. The van der Waals surface area contributed by atoms with Crippen LogP contribution in [0.2, 0.25) is 0 Å². The van der Waals surface area contributed by atoms with Crippen LogP contribution in [0.15, 0.2) is 36.4 Å². The molecule has 0 aliphatic carbocycles. The van der Waals surface area contributed by atoms with Crippen LogP contribution in [0, 0.1) is 11.6 Å². The third kappa shape index (κ3) is 6.40. The molecule has 28 heavy (non-hydrogen) atoms. The van der Waals surface area contributed by atoms with Gasteiger partial charge in [0.05, 0.1) is 6.61 Å². The number of hydrogen-bond donors (Lipinski definition) is 1. The molecule has 0 bridgehead atoms. The van der Waals surface area contributed by atoms with Crippen molar-refractivity contribution in [2.24, 2.45) is 5.73 Å². The summed E-state index contributed by atoms with van der Waals surface area (Å²) in [5.41, 5.74) is 4.95. The zero-order valence-electron chi connectivity index (χ0n) is 14.7. The quantitative estimate of drug-likeness (QED) is 0.485. The largest absolute Gasteiger partial charge is 0.573 e. The van der Waals surface area contributed by atoms with Crippen molar-refractivity contribution in [3.05, 3.63) is 59.2 Å². The van der Waals surface area contributed by atoms with Crippen molar-refractivity contribution in [1.29, 1.82) is 0 Å². The maximum atomic E-state index is 14.0. The van der Waals surface area contributed by atoms with E-state index in [-0.39, 0.29) is 18.1 Å². The average molecular weight is 403 g/mol. The van der Waals surface area contributed by atoms with Gasteiger partial charge in [0.15, 0.2) is 11.6 Å². The van der Waals surface area contributed by atoms with E-state index >= 15 is 0 Å². The summed E-state index contributed by atoms with van der Waals surface area (Å²) in [4.78, 5) is 11.1. The molecule has 0 aliphatic heterocycles. The minimum Gasteiger partial charge on any atom is -0.490 e. The second kappa shape index (κ2) is 9.38. The van der Waals surface area contributed by atoms with Gasteiger partial charge in [-0.15, -0.1) is 13.2 Å². The van der Waals surface area contributed by atoms with Crippen LogP contribution in [-0.2, 0) is 6.42 Å². The maximum Gasteiger partial charge on any atom is 0.573 e. The van der Waals surface area contributed by atoms with E-state index in [4.69, 9.17) is 10.5 Å². The summed E-state index contributed by atoms with van der Waals surface area (Å²) in [5, 5.41) is 0. The highest BCUT2D eigenvalue weighted by molar-refractivity contribution is 5.93. The van der Waals surface area contributed by atoms with Crippen molar-refractivity contribution in [1.82, 2.24) is 0 Å². The first kappa shape index (κ1) is 21.5. The Kier molecular flexibility index (Phi) is 7.19. The second-order valence-electron chi connectivity index (χ2n) is 5.95. The molecule has 9 heteroatoms. The van der Waals surface area contributed by atoms with E-state index in [2.05, 4.69) is 4.74 Å². The van der Waals surface area contributed by atoms with Gasteiger partial charge >= 0.3 is 6.36 Å². The number of nitrogens with two attached hydrogens (primary N) is 1. The number of amides is 1. The number of benzene rings is 2. The van der Waals surface area contributed by atoms with Gasteiger partial charge in [0.25, 0.3) is 5.91 Å². The van der Waals surface area contributed by atoms with Gasteiger partial charge in [-0.1, -0.05) is 12.1 Å². The summed E-state index contributed by atoms with van der Waals surface area (Å²) in [6, 6.07) is 7.60. The normalized spacial score (nSPS) is 11.3. The molecule has 2 N–H and O–H groups in total. The molecule has 152 valence electrons. The van der Waals surface area contributed by atoms with Gasteiger partial charge in [-0.25, -0.2) is 8.78 Å². The van der Waals surface area contributed by atoms with Crippen molar-refractivity contribution in [2.75, 3.05) is 6.61 Å². The number of carbonyl (C=O) groups is 1. The van der Waals surface area contributed by atoms with Gasteiger partial charge < -0.3 is 15.2 Å². The Balaban J connectivity index is 1.73. The molecule has 0 unspecified atom stereocenters. The van der Waals surface area contributed by atoms with E-state index in [1.807, 2.05) is 0 Å². The summed E-state index contributed by atoms with van der Waals surface area (Å²) in [6.45, 7) is 0.152. The number of ether oxygens (including phenoxy) is 2. The molecule has 2 aromatic carbocycles. The fraction of sp³-hybridized carbons (Fsp3) is 0.316. The smallest absolute Gasteiger partial charge is 0.490 e. The lowest BCUT2D eigenvalue weighted by molar-refractivity contribution is -0.274. The van der Waals surface area contributed by atoms with Crippen molar-refractivity contribution >= 4 is 5.91 Å². The summed E-state index contributed by atoms with van der Waals surface area (Å²) < 4.78 is 72.6. The summed E-state index contributed by atoms with van der Waals surface area (Å²) in [5.74, 6) is -3.93. The van der Waals surface area contributed by atoms with Crippen LogP contribution >= 0.6 is 0 Å². The highest BCUT2D eigenvalue weighted by atomic mass is 19.4. The summed E-state index contributed by atoms with van der Waals surface area (Å²) >= 11 is 0. The van der Waals surface area contributed by atoms with Gasteiger partial charge in [0.1, 0.15) is 17.1 Å². The molecule has 0 saturated heterocycles. The average Bonchev–Trinajstić information content (AvgIpc) is 2.59. The Morgan fingerprint density at radius 2 is 1.64 bits per heavy atom. The first-order valence-corrected chi connectivity index (χ1v) is 8.42. The maximum absolute atomic E-state index is 14.0. The Morgan fingerprint density at radius 1 is 0.964 bits per heavy atom. The molecular formula is C19H18F5NO3. The zero-order valence-corrected chi connectivity index (χ0v) is 14.7. The van der Waals surface area contributed by atoms with E-state index in [9.17, 15) is 26.7 Å². The molecule has 4 nitrogen and oxygen atoms in total. The lowest BCUT2D eigenvalue weighted by Gasteiger charge is -2.10. The summed E-state index contributed by atoms with van der Waals surface area (Å²) in [7, 11) is 0. The monoisotopic (exact) mass is 403 g/mol. The van der Waals surface area contributed by atoms with Gasteiger partial charge in [-0.2, -0.15) is 0 Å². The van der Waals surface area contributed by atoms with E-state index in [1.165, 1.54) is 12.1 Å². The topological polar surface area (TPSA) is 61.6 Å². The molecular weight excluding hydrogens is 385 g/mol. The van der Waals surface area contributed by atoms with Gasteiger partial charge in [0, 0.05) is 0 Å². The van der Waals surface area contributed by atoms with Gasteiger partial charge in [-0.05, 0) is 55.5 Å². The Hall–Kier alpha value is -2.84. The van der Waals surface area contributed by atoms with Gasteiger partial charge in [-0.3, -0.25) is 4.79 Å². The molecule has 2 aromatic rings. The molecule has 0 saturated carbocycles. The molecule has 0 aromatic heterocycles. The predicted octanol–water partition coefficient (Wildman–Crippen LogP) is 4.75. The molecule has 0 aliphatic rings. The molecule has 0 radical (unpaired) electrons. The van der Waals surface area contributed by atoms with Crippen molar-refractivity contribution in [3.63, 3.8) is 0 Å². The number of alkyl halides is 3. The predicted molar refractivity (Wildman–Crippen MR) is 91.1 cm³/mol. The Bertz CT molecular complexity index is 806. The molecule has 0 heterocycles. The van der Waals surface area contributed by atoms with Crippen LogP contribution in [-0.4, -0.2) is 18.9 Å². The van der Waals surface area contributed by atoms with Gasteiger partial charge in [0.2, 0.25) is 0 Å². The number of halogens is 5. The minimum atomic E-state index is -4.72. The summed E-state index contributed by atoms with van der Waals surface area (Å²) in [6.07, 6.45) is -2.06. The lowest BCUT2D eigenvalue weighted by atomic mass is 10.1. The molecule has 0 fully saturated rings. The highest BCUT2D eigenvalue weighted by Gasteiger charge is 2.30. The number of carbonyl (C=O) groups excluding carboxylic acids is 1. The van der Waals surface area contributed by atoms with Crippen LogP contribution in [0.5, 0.6) is 11.5 Å². The van der Waals surface area contributed by atoms with Crippen LogP contribution < -0.4 is 15.2 Å². The third-order valence-electron chi connectivity index (χ3n) is 3.83. The first-order valence-electron chi connectivity index (χ1n) is 8.42. The van der Waals surface area contributed by atoms with E-state index in [0.717, 1.165) is 24.1 Å². The number of hydrogen-bond acceptors (Lipinski definition) is 3. The van der Waals surface area contributed by atoms with Crippen molar-refractivity contribution in [2.45, 2.75) is 32.0 Å². The van der Waals surface area contributed by atoms with Crippen molar-refractivity contribution < 1.29 is 36.2 Å². The molecule has 0 spiro atoms. The first-order chi connectivity index (χ1) is 13.2. The zero-order chi connectivity index (χ0) is 20.7. The SMILES string of the molecule is NC(=O)c1c(F)ccc(OCCCCCc2ccc(OC(F)(F)F)cc2)c1F. The fourth-order valence-corrected chi connectivity index (χ4v) is 2.52. The van der Waals surface area contributed by atoms with E-state index in [0.29, 0.717) is 19.3 Å². The van der Waals surface area contributed by atoms with Crippen LogP contribution in [0.25, 0.3) is 0 Å². The second-order valence-corrected chi connectivity index (χ2v) is 5.95. The Labute approximate surface area is 158 Å². The number of primary amides is 1. The lowest BCUT2D eigenvalue weighted by Crippen LogP contribution is -2.17. The molecule has 1 amide bonds. The number of unbranched alkanes of at least 4 members (excludes halogenated alkanes) is 2. The van der Waals surface area contributed by atoms with Crippen LogP contribution in [0.3, 0.4) is 0 Å². The van der Waals surface area contributed by atoms with E-state index < -0.39 is 29.5 Å². The Morgan fingerprint density at radius 3 is 2.25 bits per heavy atom. The van der Waals surface area contributed by atoms with E-state index in [1.54, 1.807) is 12.1 Å². The van der Waals surface area contributed by atoms with Crippen LogP contribution in [0.4, 0.5) is 22.0 Å². The highest BCUT2D eigenvalue weighted by Crippen LogP contribution is 2.24. The van der Waals surface area contributed by atoms with Crippen molar-refractivity contribution in [3.8, 4) is 11.5 Å². The standard InChI is InChI=1S/C19H18F5NO3/c20-14-9-10-15(17(21)16(14)18(25)26)27-11-3-1-2-4-12-5-7-13(8-6-12)28-19(22,23)24/h5-10H,1-4,11H2,(H2,25,26). The third-order valence-corrected chi connectivity index (χ3v) is 3.83. The van der Waals surface area contributed by atoms with Crippen LogP contribution in [0.1, 0.15) is 35.2 Å². The fourth-order valence-electron chi connectivity index (χ4n) is 2.52. The molecule has 0 atom stereocenters. The minimum absolute atomic E-state index is 0.152. The number of rotatable bonds is 9. The molecule has 2 rings (SSSR count).